The molecular weight excluding hydrogens is 208 g/mol. The fraction of sp³-hybridized carbons (Fsp3) is 0.800. The quantitative estimate of drug-likeness (QED) is 0.624. The summed E-state index contributed by atoms with van der Waals surface area (Å²) in [5.74, 6) is 0. The molecule has 0 aromatic carbocycles. The molecule has 0 bridgehead atoms. The molecule has 0 saturated heterocycles. The van der Waals surface area contributed by atoms with Crippen LogP contribution in [0, 0.1) is 0 Å². The Balaban J connectivity index is 4.20. The zero-order chi connectivity index (χ0) is 13.0. The topological polar surface area (TPSA) is 82.9 Å². The highest BCUT2D eigenvalue weighted by atomic mass is 16.2. The Morgan fingerprint density at radius 3 is 1.19 bits per heavy atom. The maximum Gasteiger partial charge on any atom is 0.360 e. The molecule has 0 atom stereocenters. The summed E-state index contributed by atoms with van der Waals surface area (Å²) in [4.78, 5) is 22.4. The summed E-state index contributed by atoms with van der Waals surface area (Å²) < 4.78 is 0. The molecule has 0 aliphatic rings. The number of carbonyl (C=O) groups is 2. The van der Waals surface area contributed by atoms with Crippen LogP contribution in [0.1, 0.15) is 41.5 Å². The number of hydrogen-bond donors (Lipinski definition) is 2. The van der Waals surface area contributed by atoms with Gasteiger partial charge in [-0.25, -0.2) is 9.59 Å². The normalized spacial score (nSPS) is 12.6. The zero-order valence-corrected chi connectivity index (χ0v) is 10.7. The summed E-state index contributed by atoms with van der Waals surface area (Å²) in [7, 11) is 0. The second-order valence-electron chi connectivity index (χ2n) is 5.56. The highest BCUT2D eigenvalue weighted by Crippen LogP contribution is 2.00. The van der Waals surface area contributed by atoms with E-state index in [1.165, 1.54) is 0 Å². The molecule has 0 fully saturated rings. The van der Waals surface area contributed by atoms with Crippen molar-refractivity contribution in [2.24, 2.45) is 10.2 Å². The fourth-order valence-corrected chi connectivity index (χ4v) is 0.782. The minimum atomic E-state index is -0.628. The lowest BCUT2D eigenvalue weighted by Crippen LogP contribution is -2.40. The van der Waals surface area contributed by atoms with Gasteiger partial charge in [-0.15, -0.1) is 0 Å². The summed E-state index contributed by atoms with van der Waals surface area (Å²) >= 11 is 0. The minimum Gasteiger partial charge on any atom is -0.330 e. The van der Waals surface area contributed by atoms with E-state index in [4.69, 9.17) is 0 Å². The molecule has 16 heavy (non-hydrogen) atoms. The number of azo groups is 1. The first-order valence-electron chi connectivity index (χ1n) is 5.06. The van der Waals surface area contributed by atoms with Gasteiger partial charge in [0.1, 0.15) is 0 Å². The number of nitrogens with one attached hydrogen (secondary N) is 2. The van der Waals surface area contributed by atoms with Crippen molar-refractivity contribution in [1.29, 1.82) is 0 Å². The first kappa shape index (κ1) is 14.5. The molecule has 0 aliphatic heterocycles. The first-order valence-corrected chi connectivity index (χ1v) is 5.06. The van der Waals surface area contributed by atoms with Crippen molar-refractivity contribution in [3.8, 4) is 0 Å². The molecule has 2 N–H and O–H groups in total. The molecule has 0 heterocycles. The first-order chi connectivity index (χ1) is 6.99. The summed E-state index contributed by atoms with van der Waals surface area (Å²) in [5.41, 5.74) is -0.785. The molecule has 0 radical (unpaired) electrons. The SMILES string of the molecule is CC(C)(C)NC(=O)/N=N/C(=O)NC(C)(C)C. The molecule has 0 aromatic rings. The molecule has 92 valence electrons. The Morgan fingerprint density at radius 2 is 1.00 bits per heavy atom. The Morgan fingerprint density at radius 1 is 0.750 bits per heavy atom. The van der Waals surface area contributed by atoms with Crippen LogP contribution in [-0.4, -0.2) is 23.1 Å². The smallest absolute Gasteiger partial charge is 0.330 e. The number of rotatable bonds is 0. The highest BCUT2D eigenvalue weighted by molar-refractivity contribution is 5.80. The summed E-state index contributed by atoms with van der Waals surface area (Å²) in [6.07, 6.45) is 0. The maximum absolute atomic E-state index is 11.2. The second kappa shape index (κ2) is 5.05. The van der Waals surface area contributed by atoms with Gasteiger partial charge in [0.15, 0.2) is 0 Å². The summed E-state index contributed by atoms with van der Waals surface area (Å²) in [6.45, 7) is 10.9. The Bertz CT molecular complexity index is 267. The van der Waals surface area contributed by atoms with Crippen LogP contribution < -0.4 is 10.6 Å². The van der Waals surface area contributed by atoms with Gasteiger partial charge in [0.25, 0.3) is 0 Å². The van der Waals surface area contributed by atoms with Gasteiger partial charge in [0, 0.05) is 11.1 Å². The lowest BCUT2D eigenvalue weighted by molar-refractivity contribution is 0.232. The van der Waals surface area contributed by atoms with E-state index in [0.717, 1.165) is 0 Å². The Labute approximate surface area is 95.9 Å². The molecule has 6 nitrogen and oxygen atoms in total. The van der Waals surface area contributed by atoms with Crippen LogP contribution in [0.25, 0.3) is 0 Å². The fourth-order valence-electron chi connectivity index (χ4n) is 0.782. The largest absolute Gasteiger partial charge is 0.360 e. The van der Waals surface area contributed by atoms with Crippen molar-refractivity contribution < 1.29 is 9.59 Å². The maximum atomic E-state index is 11.2. The zero-order valence-electron chi connectivity index (χ0n) is 10.7. The van der Waals surface area contributed by atoms with Gasteiger partial charge in [-0.05, 0) is 41.5 Å². The van der Waals surface area contributed by atoms with E-state index in [-0.39, 0.29) is 0 Å². The van der Waals surface area contributed by atoms with Crippen LogP contribution >= 0.6 is 0 Å². The van der Waals surface area contributed by atoms with Gasteiger partial charge in [-0.1, -0.05) is 10.2 Å². The van der Waals surface area contributed by atoms with Crippen LogP contribution in [-0.2, 0) is 0 Å². The molecular formula is C10H20N4O2. The van der Waals surface area contributed by atoms with E-state index in [9.17, 15) is 9.59 Å². The lowest BCUT2D eigenvalue weighted by Gasteiger charge is -2.18. The van der Waals surface area contributed by atoms with Crippen LogP contribution in [0.15, 0.2) is 10.2 Å². The molecule has 4 amide bonds. The van der Waals surface area contributed by atoms with Gasteiger partial charge in [-0.3, -0.25) is 0 Å². The molecule has 0 aromatic heterocycles. The molecule has 0 rings (SSSR count). The van der Waals surface area contributed by atoms with E-state index < -0.39 is 23.1 Å². The van der Waals surface area contributed by atoms with Gasteiger partial charge in [0.05, 0.1) is 0 Å². The lowest BCUT2D eigenvalue weighted by atomic mass is 10.1. The van der Waals surface area contributed by atoms with E-state index >= 15 is 0 Å². The number of hydrogen-bond acceptors (Lipinski definition) is 2. The number of urea groups is 2. The third kappa shape index (κ3) is 9.11. The Hall–Kier alpha value is -1.46. The van der Waals surface area contributed by atoms with Crippen molar-refractivity contribution in [3.63, 3.8) is 0 Å². The monoisotopic (exact) mass is 228 g/mol. The van der Waals surface area contributed by atoms with Gasteiger partial charge >= 0.3 is 12.1 Å². The van der Waals surface area contributed by atoms with Crippen LogP contribution in [0.5, 0.6) is 0 Å². The second-order valence-corrected chi connectivity index (χ2v) is 5.56. The average molecular weight is 228 g/mol. The molecule has 0 spiro atoms. The third-order valence-corrected chi connectivity index (χ3v) is 1.20. The summed E-state index contributed by atoms with van der Waals surface area (Å²) in [6, 6.07) is -1.26. The van der Waals surface area contributed by atoms with Crippen LogP contribution in [0.3, 0.4) is 0 Å². The van der Waals surface area contributed by atoms with Crippen molar-refractivity contribution in [2.45, 2.75) is 52.6 Å². The minimum absolute atomic E-state index is 0.392. The van der Waals surface area contributed by atoms with Gasteiger partial charge in [-0.2, -0.15) is 0 Å². The van der Waals surface area contributed by atoms with E-state index in [1.807, 2.05) is 41.5 Å². The standard InChI is InChI=1S/C10H20N4O2/c1-9(2,3)11-7(15)13-14-8(16)12-10(4,5)6/h1-6H3,(H,11,15)(H,12,16)/b14-13+. The van der Waals surface area contributed by atoms with Crippen molar-refractivity contribution in [2.75, 3.05) is 0 Å². The number of nitrogens with zero attached hydrogens (tertiary/aromatic N) is 2. The predicted octanol–water partition coefficient (Wildman–Crippen LogP) is 2.45. The average Bonchev–Trinajstić information content (AvgIpc) is 1.94. The van der Waals surface area contributed by atoms with Gasteiger partial charge < -0.3 is 10.6 Å². The number of amides is 4. The van der Waals surface area contributed by atoms with Crippen molar-refractivity contribution >= 4 is 12.1 Å². The van der Waals surface area contributed by atoms with Crippen molar-refractivity contribution in [1.82, 2.24) is 10.6 Å². The van der Waals surface area contributed by atoms with E-state index in [2.05, 4.69) is 20.9 Å². The van der Waals surface area contributed by atoms with E-state index in [1.54, 1.807) is 0 Å². The molecule has 0 aliphatic carbocycles. The van der Waals surface area contributed by atoms with Crippen molar-refractivity contribution in [3.05, 3.63) is 0 Å². The molecule has 0 saturated carbocycles. The third-order valence-electron chi connectivity index (χ3n) is 1.20. The van der Waals surface area contributed by atoms with Crippen LogP contribution in [0.4, 0.5) is 9.59 Å². The van der Waals surface area contributed by atoms with E-state index in [0.29, 0.717) is 0 Å². The predicted molar refractivity (Wildman–Crippen MR) is 61.4 cm³/mol. The Kier molecular flexibility index (Phi) is 4.59. The summed E-state index contributed by atoms with van der Waals surface area (Å²) in [5, 5.41) is 11.6. The molecule has 6 heteroatoms. The van der Waals surface area contributed by atoms with Gasteiger partial charge in [0.2, 0.25) is 0 Å². The highest BCUT2D eigenvalue weighted by Gasteiger charge is 2.15. The number of carbonyl (C=O) groups excluding carboxylic acids is 2. The van der Waals surface area contributed by atoms with Crippen LogP contribution in [0.2, 0.25) is 0 Å². The molecule has 0 unspecified atom stereocenters.